The van der Waals surface area contributed by atoms with Crippen LogP contribution < -0.4 is 20.1 Å². The van der Waals surface area contributed by atoms with Gasteiger partial charge in [-0.25, -0.2) is 8.42 Å². The Labute approximate surface area is 186 Å². The minimum atomic E-state index is -3.80. The van der Waals surface area contributed by atoms with Crippen LogP contribution >= 0.6 is 11.6 Å². The molecule has 1 saturated heterocycles. The Hall–Kier alpha value is -2.53. The Morgan fingerprint density at radius 1 is 1.13 bits per heavy atom. The molecule has 168 valence electrons. The maximum atomic E-state index is 13.1. The fourth-order valence-electron chi connectivity index (χ4n) is 3.03. The number of morpholine rings is 1. The summed E-state index contributed by atoms with van der Waals surface area (Å²) < 4.78 is 43.1. The first-order valence-electron chi connectivity index (χ1n) is 9.48. The van der Waals surface area contributed by atoms with Crippen molar-refractivity contribution in [2.45, 2.75) is 4.90 Å². The Bertz CT molecular complexity index is 1040. The zero-order valence-corrected chi connectivity index (χ0v) is 18.8. The summed E-state index contributed by atoms with van der Waals surface area (Å²) >= 11 is 6.13. The lowest BCUT2D eigenvalue weighted by Crippen LogP contribution is -2.40. The van der Waals surface area contributed by atoms with Crippen LogP contribution in [0.3, 0.4) is 0 Å². The number of methoxy groups -OCH3 is 2. The van der Waals surface area contributed by atoms with Crippen molar-refractivity contribution in [3.63, 3.8) is 0 Å². The molecule has 0 aromatic heterocycles. The van der Waals surface area contributed by atoms with E-state index in [1.165, 1.54) is 30.7 Å². The number of anilines is 2. The number of rotatable bonds is 8. The van der Waals surface area contributed by atoms with Crippen LogP contribution in [0, 0.1) is 0 Å². The van der Waals surface area contributed by atoms with Crippen LogP contribution in [0.5, 0.6) is 11.5 Å². The molecule has 31 heavy (non-hydrogen) atoms. The number of halogens is 1. The summed E-state index contributed by atoms with van der Waals surface area (Å²) in [6.07, 6.45) is 0. The van der Waals surface area contributed by atoms with Crippen molar-refractivity contribution < 1.29 is 27.4 Å². The molecular weight excluding hydrogens is 446 g/mol. The number of amides is 1. The van der Waals surface area contributed by atoms with E-state index in [2.05, 4.69) is 10.6 Å². The number of benzene rings is 2. The lowest BCUT2D eigenvalue weighted by molar-refractivity contribution is -0.114. The van der Waals surface area contributed by atoms with Gasteiger partial charge in [-0.2, -0.15) is 4.31 Å². The first-order chi connectivity index (χ1) is 14.8. The number of nitrogens with zero attached hydrogens (tertiary/aromatic N) is 1. The maximum Gasteiger partial charge on any atom is 0.246 e. The molecule has 0 bridgehead atoms. The van der Waals surface area contributed by atoms with Gasteiger partial charge in [0, 0.05) is 24.8 Å². The number of hydrogen-bond acceptors (Lipinski definition) is 7. The lowest BCUT2D eigenvalue weighted by atomic mass is 10.3. The molecule has 1 aliphatic heterocycles. The van der Waals surface area contributed by atoms with Crippen LogP contribution in [0.15, 0.2) is 41.3 Å². The highest BCUT2D eigenvalue weighted by Gasteiger charge is 2.29. The van der Waals surface area contributed by atoms with Gasteiger partial charge in [-0.1, -0.05) is 11.6 Å². The van der Waals surface area contributed by atoms with Crippen molar-refractivity contribution in [2.75, 3.05) is 57.7 Å². The third kappa shape index (κ3) is 5.59. The Morgan fingerprint density at radius 2 is 1.87 bits per heavy atom. The molecule has 0 spiro atoms. The summed E-state index contributed by atoms with van der Waals surface area (Å²) in [6.45, 7) is 1.10. The molecule has 0 aliphatic carbocycles. The SMILES string of the molecule is COc1ccc(Cl)c(NCC(=O)Nc2ccc(OC)c(S(=O)(=O)N3CCOCC3)c2)c1. The van der Waals surface area contributed by atoms with Crippen molar-refractivity contribution in [2.24, 2.45) is 0 Å². The number of hydrogen-bond donors (Lipinski definition) is 2. The third-order valence-corrected chi connectivity index (χ3v) is 6.90. The molecule has 2 N–H and O–H groups in total. The van der Waals surface area contributed by atoms with E-state index >= 15 is 0 Å². The second-order valence-corrected chi connectivity index (χ2v) is 8.94. The minimum absolute atomic E-state index is 0.0153. The van der Waals surface area contributed by atoms with Gasteiger partial charge in [0.2, 0.25) is 15.9 Å². The van der Waals surface area contributed by atoms with E-state index in [1.807, 2.05) is 0 Å². The molecule has 1 heterocycles. The number of nitrogens with one attached hydrogen (secondary N) is 2. The zero-order chi connectivity index (χ0) is 22.4. The normalized spacial score (nSPS) is 14.7. The Balaban J connectivity index is 1.73. The average Bonchev–Trinajstić information content (AvgIpc) is 2.79. The van der Waals surface area contributed by atoms with Crippen molar-refractivity contribution in [1.82, 2.24) is 4.31 Å². The summed E-state index contributed by atoms with van der Waals surface area (Å²) in [5.74, 6) is 0.421. The molecule has 1 aliphatic rings. The molecule has 0 atom stereocenters. The van der Waals surface area contributed by atoms with Gasteiger partial charge in [-0.05, 0) is 30.3 Å². The van der Waals surface area contributed by atoms with E-state index < -0.39 is 10.0 Å². The summed E-state index contributed by atoms with van der Waals surface area (Å²) in [7, 11) is -0.871. The molecule has 1 amide bonds. The van der Waals surface area contributed by atoms with Gasteiger partial charge >= 0.3 is 0 Å². The van der Waals surface area contributed by atoms with Gasteiger partial charge in [0.15, 0.2) is 0 Å². The van der Waals surface area contributed by atoms with Gasteiger partial charge < -0.3 is 24.8 Å². The molecule has 9 nitrogen and oxygen atoms in total. The van der Waals surface area contributed by atoms with Crippen LogP contribution in [0.25, 0.3) is 0 Å². The fourth-order valence-corrected chi connectivity index (χ4v) is 4.80. The van der Waals surface area contributed by atoms with Gasteiger partial charge in [-0.15, -0.1) is 0 Å². The Morgan fingerprint density at radius 3 is 2.55 bits per heavy atom. The van der Waals surface area contributed by atoms with Crippen molar-refractivity contribution in [3.8, 4) is 11.5 Å². The first kappa shape index (κ1) is 23.1. The number of carbonyl (C=O) groups is 1. The summed E-state index contributed by atoms with van der Waals surface area (Å²) in [4.78, 5) is 12.4. The smallest absolute Gasteiger partial charge is 0.246 e. The van der Waals surface area contributed by atoms with Gasteiger partial charge in [0.1, 0.15) is 16.4 Å². The average molecular weight is 470 g/mol. The largest absolute Gasteiger partial charge is 0.497 e. The van der Waals surface area contributed by atoms with Crippen molar-refractivity contribution in [1.29, 1.82) is 0 Å². The first-order valence-corrected chi connectivity index (χ1v) is 11.3. The maximum absolute atomic E-state index is 13.1. The fraction of sp³-hybridized carbons (Fsp3) is 0.350. The topological polar surface area (TPSA) is 106 Å². The van der Waals surface area contributed by atoms with Crippen LogP contribution in [-0.4, -0.2) is 65.7 Å². The molecule has 3 rings (SSSR count). The van der Waals surface area contributed by atoms with Crippen LogP contribution in [0.4, 0.5) is 11.4 Å². The molecule has 11 heteroatoms. The number of ether oxygens (including phenoxy) is 3. The highest BCUT2D eigenvalue weighted by molar-refractivity contribution is 7.89. The molecule has 1 fully saturated rings. The van der Waals surface area contributed by atoms with E-state index in [9.17, 15) is 13.2 Å². The summed E-state index contributed by atoms with van der Waals surface area (Å²) in [6, 6.07) is 9.52. The highest BCUT2D eigenvalue weighted by Crippen LogP contribution is 2.30. The standard InChI is InChI=1S/C20H24ClN3O6S/c1-28-15-4-5-16(21)17(12-15)22-13-20(25)23-14-3-6-18(29-2)19(11-14)31(26,27)24-7-9-30-10-8-24/h3-6,11-12,22H,7-10,13H2,1-2H3,(H,23,25). The van der Waals surface area contributed by atoms with E-state index in [0.29, 0.717) is 35.4 Å². The van der Waals surface area contributed by atoms with Crippen molar-refractivity contribution in [3.05, 3.63) is 41.4 Å². The molecule has 0 radical (unpaired) electrons. The zero-order valence-electron chi connectivity index (χ0n) is 17.2. The van der Waals surface area contributed by atoms with E-state index in [-0.39, 0.29) is 36.2 Å². The lowest BCUT2D eigenvalue weighted by Gasteiger charge is -2.26. The molecule has 0 unspecified atom stereocenters. The highest BCUT2D eigenvalue weighted by atomic mass is 35.5. The quantitative estimate of drug-likeness (QED) is 0.611. The van der Waals surface area contributed by atoms with E-state index in [1.54, 1.807) is 24.3 Å². The van der Waals surface area contributed by atoms with E-state index in [0.717, 1.165) is 0 Å². The molecule has 0 saturated carbocycles. The van der Waals surface area contributed by atoms with Crippen LogP contribution in [-0.2, 0) is 19.6 Å². The minimum Gasteiger partial charge on any atom is -0.497 e. The second kappa shape index (κ2) is 10.2. The third-order valence-electron chi connectivity index (χ3n) is 4.65. The Kier molecular flexibility index (Phi) is 7.60. The monoisotopic (exact) mass is 469 g/mol. The van der Waals surface area contributed by atoms with Gasteiger partial charge in [0.25, 0.3) is 0 Å². The summed E-state index contributed by atoms with van der Waals surface area (Å²) in [5.41, 5.74) is 0.873. The number of carbonyl (C=O) groups excluding carboxylic acids is 1. The van der Waals surface area contributed by atoms with Gasteiger partial charge in [-0.3, -0.25) is 4.79 Å². The molecular formula is C20H24ClN3O6S. The second-order valence-electron chi connectivity index (χ2n) is 6.63. The van der Waals surface area contributed by atoms with E-state index in [4.69, 9.17) is 25.8 Å². The predicted octanol–water partition coefficient (Wildman–Crippen LogP) is 2.43. The van der Waals surface area contributed by atoms with Gasteiger partial charge in [0.05, 0.1) is 44.7 Å². The summed E-state index contributed by atoms with van der Waals surface area (Å²) in [5, 5.41) is 6.07. The predicted molar refractivity (Wildman–Crippen MR) is 118 cm³/mol. The van der Waals surface area contributed by atoms with Crippen molar-refractivity contribution >= 4 is 38.9 Å². The molecule has 2 aromatic carbocycles. The number of sulfonamides is 1. The molecule has 2 aromatic rings. The van der Waals surface area contributed by atoms with Crippen LogP contribution in [0.2, 0.25) is 5.02 Å². The van der Waals surface area contributed by atoms with Crippen LogP contribution in [0.1, 0.15) is 0 Å².